The minimum Gasteiger partial charge on any atom is -0.363 e. The van der Waals surface area contributed by atoms with Crippen molar-refractivity contribution in [3.63, 3.8) is 0 Å². The van der Waals surface area contributed by atoms with Crippen molar-refractivity contribution in [3.8, 4) is 11.3 Å². The third kappa shape index (κ3) is 2.24. The third-order valence-electron chi connectivity index (χ3n) is 2.77. The number of anilines is 1. The highest BCUT2D eigenvalue weighted by molar-refractivity contribution is 5.58. The fourth-order valence-electron chi connectivity index (χ4n) is 1.69. The van der Waals surface area contributed by atoms with E-state index in [1.54, 1.807) is 12.4 Å². The highest BCUT2D eigenvalue weighted by atomic mass is 15.2. The van der Waals surface area contributed by atoms with E-state index in [1.807, 2.05) is 24.3 Å². The highest BCUT2D eigenvalue weighted by Gasteiger charge is 2.16. The van der Waals surface area contributed by atoms with E-state index in [2.05, 4.69) is 25.8 Å². The quantitative estimate of drug-likeness (QED) is 0.816. The number of hydrogen-bond acceptors (Lipinski definition) is 5. The summed E-state index contributed by atoms with van der Waals surface area (Å²) in [6.45, 7) is 1.99. The highest BCUT2D eigenvalue weighted by Crippen LogP contribution is 2.16. The number of rotatable bonds is 3. The summed E-state index contributed by atoms with van der Waals surface area (Å²) in [5.74, 6) is 0.828. The lowest BCUT2D eigenvalue weighted by molar-refractivity contribution is 0.470. The Morgan fingerprint density at radius 1 is 1.06 bits per heavy atom. The van der Waals surface area contributed by atoms with Gasteiger partial charge in [-0.15, -0.1) is 10.2 Å². The Bertz CT molecular complexity index is 478. The van der Waals surface area contributed by atoms with E-state index in [-0.39, 0.29) is 0 Å². The second kappa shape index (κ2) is 4.47. The molecule has 86 valence electrons. The molecule has 0 saturated carbocycles. The second-order valence-electron chi connectivity index (χ2n) is 4.04. The van der Waals surface area contributed by atoms with Crippen molar-refractivity contribution in [3.05, 3.63) is 36.7 Å². The first kappa shape index (κ1) is 10.2. The van der Waals surface area contributed by atoms with Gasteiger partial charge in [0.15, 0.2) is 0 Å². The molecule has 1 saturated heterocycles. The van der Waals surface area contributed by atoms with Crippen LogP contribution in [0, 0.1) is 0 Å². The van der Waals surface area contributed by atoms with Gasteiger partial charge in [0.1, 0.15) is 5.82 Å². The van der Waals surface area contributed by atoms with Crippen LogP contribution in [0.5, 0.6) is 0 Å². The lowest BCUT2D eigenvalue weighted by Gasteiger charge is -2.28. The summed E-state index contributed by atoms with van der Waals surface area (Å²) in [5.41, 5.74) is 1.90. The molecule has 5 nitrogen and oxygen atoms in total. The summed E-state index contributed by atoms with van der Waals surface area (Å²) in [6, 6.07) is 8.26. The molecule has 1 fully saturated rings. The molecule has 0 unspecified atom stereocenters. The van der Waals surface area contributed by atoms with Crippen LogP contribution in [0.1, 0.15) is 0 Å². The molecule has 3 heterocycles. The molecule has 0 aliphatic carbocycles. The van der Waals surface area contributed by atoms with Crippen LogP contribution < -0.4 is 10.6 Å². The summed E-state index contributed by atoms with van der Waals surface area (Å²) in [4.78, 5) is 3.98. The van der Waals surface area contributed by atoms with Crippen LogP contribution >= 0.6 is 0 Å². The van der Waals surface area contributed by atoms with Gasteiger partial charge in [-0.3, -0.25) is 4.98 Å². The van der Waals surface area contributed by atoms with Crippen LogP contribution in [0.4, 0.5) is 5.82 Å². The summed E-state index contributed by atoms with van der Waals surface area (Å²) in [6.07, 6.45) is 3.51. The van der Waals surface area contributed by atoms with E-state index in [0.29, 0.717) is 6.04 Å². The summed E-state index contributed by atoms with van der Waals surface area (Å²) in [5, 5.41) is 14.9. The number of nitrogens with one attached hydrogen (secondary N) is 2. The van der Waals surface area contributed by atoms with Crippen molar-refractivity contribution in [1.29, 1.82) is 0 Å². The number of pyridine rings is 1. The molecular formula is C12H13N5. The maximum atomic E-state index is 4.20. The van der Waals surface area contributed by atoms with E-state index < -0.39 is 0 Å². The minimum atomic E-state index is 0.482. The van der Waals surface area contributed by atoms with Gasteiger partial charge < -0.3 is 10.6 Å². The van der Waals surface area contributed by atoms with Crippen LogP contribution in [0.3, 0.4) is 0 Å². The van der Waals surface area contributed by atoms with Crippen molar-refractivity contribution < 1.29 is 0 Å². The Kier molecular flexibility index (Phi) is 2.67. The van der Waals surface area contributed by atoms with Gasteiger partial charge in [0.2, 0.25) is 0 Å². The van der Waals surface area contributed by atoms with Crippen LogP contribution in [0.2, 0.25) is 0 Å². The van der Waals surface area contributed by atoms with Gasteiger partial charge in [-0.2, -0.15) is 0 Å². The average molecular weight is 227 g/mol. The Balaban J connectivity index is 1.75. The minimum absolute atomic E-state index is 0.482. The van der Waals surface area contributed by atoms with Crippen molar-refractivity contribution >= 4 is 5.82 Å². The maximum Gasteiger partial charge on any atom is 0.148 e. The van der Waals surface area contributed by atoms with Crippen molar-refractivity contribution in [2.24, 2.45) is 0 Å². The standard InChI is InChI=1S/C12H13N5/c1-2-12(15-10-7-14-8-10)17-16-11(1)9-3-5-13-6-4-9/h1-6,10,14H,7-8H2,(H,15,17). The monoisotopic (exact) mass is 227 g/mol. The zero-order valence-corrected chi connectivity index (χ0v) is 9.30. The molecular weight excluding hydrogens is 214 g/mol. The van der Waals surface area contributed by atoms with Gasteiger partial charge in [0.05, 0.1) is 11.7 Å². The zero-order valence-electron chi connectivity index (χ0n) is 9.30. The first-order chi connectivity index (χ1) is 8.42. The van der Waals surface area contributed by atoms with Gasteiger partial charge >= 0.3 is 0 Å². The molecule has 0 aromatic carbocycles. The molecule has 0 spiro atoms. The average Bonchev–Trinajstić information content (AvgIpc) is 2.36. The maximum absolute atomic E-state index is 4.20. The van der Waals surface area contributed by atoms with Gasteiger partial charge in [0.25, 0.3) is 0 Å². The van der Waals surface area contributed by atoms with Gasteiger partial charge in [-0.25, -0.2) is 0 Å². The molecule has 0 bridgehead atoms. The lowest BCUT2D eigenvalue weighted by Crippen LogP contribution is -2.51. The summed E-state index contributed by atoms with van der Waals surface area (Å²) >= 11 is 0. The first-order valence-electron chi connectivity index (χ1n) is 5.63. The molecule has 2 aromatic heterocycles. The summed E-state index contributed by atoms with van der Waals surface area (Å²) in [7, 11) is 0. The number of hydrogen-bond donors (Lipinski definition) is 2. The smallest absolute Gasteiger partial charge is 0.148 e. The van der Waals surface area contributed by atoms with Crippen LogP contribution in [0.15, 0.2) is 36.7 Å². The molecule has 3 rings (SSSR count). The van der Waals surface area contributed by atoms with E-state index in [4.69, 9.17) is 0 Å². The van der Waals surface area contributed by atoms with Crippen molar-refractivity contribution in [2.75, 3.05) is 18.4 Å². The van der Waals surface area contributed by atoms with E-state index in [1.165, 1.54) is 0 Å². The van der Waals surface area contributed by atoms with Crippen molar-refractivity contribution in [1.82, 2.24) is 20.5 Å². The van der Waals surface area contributed by atoms with E-state index >= 15 is 0 Å². The van der Waals surface area contributed by atoms with Crippen molar-refractivity contribution in [2.45, 2.75) is 6.04 Å². The zero-order chi connectivity index (χ0) is 11.5. The van der Waals surface area contributed by atoms with Gasteiger partial charge in [0, 0.05) is 31.0 Å². The molecule has 0 radical (unpaired) electrons. The molecule has 1 aliphatic heterocycles. The molecule has 5 heteroatoms. The molecule has 17 heavy (non-hydrogen) atoms. The lowest BCUT2D eigenvalue weighted by atomic mass is 10.2. The fourth-order valence-corrected chi connectivity index (χ4v) is 1.69. The number of aromatic nitrogens is 3. The largest absolute Gasteiger partial charge is 0.363 e. The van der Waals surface area contributed by atoms with Crippen LogP contribution in [-0.2, 0) is 0 Å². The molecule has 2 aromatic rings. The molecule has 0 atom stereocenters. The van der Waals surface area contributed by atoms with Crippen LogP contribution in [0.25, 0.3) is 11.3 Å². The normalized spacial score (nSPS) is 15.3. The Labute approximate surface area is 99.3 Å². The molecule has 0 amide bonds. The SMILES string of the molecule is c1cc(-c2ccc(NC3CNC3)nn2)ccn1. The van der Waals surface area contributed by atoms with E-state index in [0.717, 1.165) is 30.2 Å². The third-order valence-corrected chi connectivity index (χ3v) is 2.77. The number of nitrogens with zero attached hydrogens (tertiary/aromatic N) is 3. The molecule has 1 aliphatic rings. The van der Waals surface area contributed by atoms with Gasteiger partial charge in [-0.05, 0) is 24.3 Å². The fraction of sp³-hybridized carbons (Fsp3) is 0.250. The Morgan fingerprint density at radius 3 is 2.47 bits per heavy atom. The molecule has 2 N–H and O–H groups in total. The van der Waals surface area contributed by atoms with E-state index in [9.17, 15) is 0 Å². The first-order valence-corrected chi connectivity index (χ1v) is 5.63. The van der Waals surface area contributed by atoms with Gasteiger partial charge in [-0.1, -0.05) is 0 Å². The van der Waals surface area contributed by atoms with Crippen LogP contribution in [-0.4, -0.2) is 34.3 Å². The Morgan fingerprint density at radius 2 is 1.88 bits per heavy atom. The second-order valence-corrected chi connectivity index (χ2v) is 4.04. The predicted octanol–water partition coefficient (Wildman–Crippen LogP) is 0.922. The Hall–Kier alpha value is -2.01. The summed E-state index contributed by atoms with van der Waals surface area (Å²) < 4.78 is 0. The topological polar surface area (TPSA) is 62.7 Å². The predicted molar refractivity (Wildman–Crippen MR) is 65.5 cm³/mol.